The predicted octanol–water partition coefficient (Wildman–Crippen LogP) is 3.76. The average Bonchev–Trinajstić information content (AvgIpc) is 2.94. The predicted molar refractivity (Wildman–Crippen MR) is 85.4 cm³/mol. The Hall–Kier alpha value is -2.80. The first-order chi connectivity index (χ1) is 11.4. The molecular weight excluding hydrogens is 338 g/mol. The van der Waals surface area contributed by atoms with E-state index < -0.39 is 11.7 Å². The topological polar surface area (TPSA) is 59.8 Å². The maximum atomic E-state index is 13.1. The van der Waals surface area contributed by atoms with Gasteiger partial charge in [0.15, 0.2) is 0 Å². The quantitative estimate of drug-likeness (QED) is 0.784. The number of aryl methyl sites for hydroxylation is 1. The molecular formula is C16H11ClF2N4O. The Morgan fingerprint density at radius 1 is 1.17 bits per heavy atom. The van der Waals surface area contributed by atoms with E-state index in [0.717, 1.165) is 6.07 Å². The molecule has 0 aliphatic heterocycles. The third kappa shape index (κ3) is 3.26. The second-order valence-electron chi connectivity index (χ2n) is 4.95. The van der Waals surface area contributed by atoms with Crippen LogP contribution in [0.25, 0.3) is 5.69 Å². The number of carbonyl (C=O) groups excluding carboxylic acids is 1. The monoisotopic (exact) mass is 348 g/mol. The highest BCUT2D eigenvalue weighted by Gasteiger charge is 2.16. The Morgan fingerprint density at radius 2 is 1.88 bits per heavy atom. The molecule has 1 aromatic heterocycles. The van der Waals surface area contributed by atoms with Crippen molar-refractivity contribution < 1.29 is 13.6 Å². The maximum absolute atomic E-state index is 13.1. The minimum absolute atomic E-state index is 0.0720. The molecule has 0 radical (unpaired) electrons. The molecule has 1 heterocycles. The van der Waals surface area contributed by atoms with Gasteiger partial charge in [0.2, 0.25) is 5.82 Å². The molecule has 0 spiro atoms. The summed E-state index contributed by atoms with van der Waals surface area (Å²) in [6.45, 7) is 1.67. The summed E-state index contributed by atoms with van der Waals surface area (Å²) in [4.78, 5) is 16.3. The molecule has 24 heavy (non-hydrogen) atoms. The average molecular weight is 349 g/mol. The van der Waals surface area contributed by atoms with Gasteiger partial charge in [-0.3, -0.25) is 4.79 Å². The molecule has 0 atom stereocenters. The van der Waals surface area contributed by atoms with Crippen LogP contribution >= 0.6 is 11.6 Å². The second kappa shape index (κ2) is 6.37. The number of hydrogen-bond acceptors (Lipinski definition) is 3. The summed E-state index contributed by atoms with van der Waals surface area (Å²) in [5.41, 5.74) is 0.896. The van der Waals surface area contributed by atoms with Crippen LogP contribution in [0.1, 0.15) is 16.4 Å². The van der Waals surface area contributed by atoms with E-state index in [1.54, 1.807) is 6.92 Å². The van der Waals surface area contributed by atoms with Crippen LogP contribution in [0.4, 0.5) is 14.5 Å². The molecule has 0 aliphatic rings. The van der Waals surface area contributed by atoms with Crippen LogP contribution in [0, 0.1) is 18.6 Å². The third-order valence-corrected chi connectivity index (χ3v) is 3.51. The molecule has 0 aliphatic carbocycles. The number of nitrogens with zero attached hydrogens (tertiary/aromatic N) is 3. The van der Waals surface area contributed by atoms with Crippen molar-refractivity contribution in [2.75, 3.05) is 5.32 Å². The lowest BCUT2D eigenvalue weighted by molar-refractivity contribution is 0.101. The Morgan fingerprint density at radius 3 is 2.54 bits per heavy atom. The van der Waals surface area contributed by atoms with Crippen molar-refractivity contribution in [3.63, 3.8) is 0 Å². The van der Waals surface area contributed by atoms with Crippen LogP contribution < -0.4 is 5.32 Å². The van der Waals surface area contributed by atoms with Gasteiger partial charge in [-0.15, -0.1) is 5.10 Å². The number of benzene rings is 2. The first kappa shape index (κ1) is 16.1. The van der Waals surface area contributed by atoms with E-state index in [-0.39, 0.29) is 16.7 Å². The van der Waals surface area contributed by atoms with E-state index in [1.807, 2.05) is 0 Å². The highest BCUT2D eigenvalue weighted by Crippen LogP contribution is 2.20. The normalized spacial score (nSPS) is 10.7. The maximum Gasteiger partial charge on any atom is 0.295 e. The Balaban J connectivity index is 1.84. The number of rotatable bonds is 3. The van der Waals surface area contributed by atoms with Crippen LogP contribution in [-0.2, 0) is 0 Å². The zero-order valence-corrected chi connectivity index (χ0v) is 13.2. The van der Waals surface area contributed by atoms with Crippen LogP contribution in [-0.4, -0.2) is 20.7 Å². The molecule has 3 aromatic rings. The van der Waals surface area contributed by atoms with E-state index in [9.17, 15) is 13.6 Å². The summed E-state index contributed by atoms with van der Waals surface area (Å²) in [5.74, 6) is -1.13. The highest BCUT2D eigenvalue weighted by molar-refractivity contribution is 6.31. The molecule has 0 saturated carbocycles. The fourth-order valence-corrected chi connectivity index (χ4v) is 2.25. The van der Waals surface area contributed by atoms with E-state index in [4.69, 9.17) is 11.6 Å². The summed E-state index contributed by atoms with van der Waals surface area (Å²) >= 11 is 5.67. The van der Waals surface area contributed by atoms with Crippen molar-refractivity contribution >= 4 is 23.2 Å². The van der Waals surface area contributed by atoms with Crippen molar-refractivity contribution in [1.29, 1.82) is 0 Å². The van der Waals surface area contributed by atoms with Gasteiger partial charge in [-0.25, -0.2) is 18.4 Å². The molecule has 2 aromatic carbocycles. The van der Waals surface area contributed by atoms with Gasteiger partial charge in [0.05, 0.1) is 10.7 Å². The van der Waals surface area contributed by atoms with E-state index in [1.165, 1.54) is 41.1 Å². The molecule has 5 nitrogen and oxygen atoms in total. The lowest BCUT2D eigenvalue weighted by atomic mass is 10.3. The summed E-state index contributed by atoms with van der Waals surface area (Å²) < 4.78 is 27.5. The molecule has 0 bridgehead atoms. The van der Waals surface area contributed by atoms with Gasteiger partial charge >= 0.3 is 0 Å². The van der Waals surface area contributed by atoms with Crippen LogP contribution in [0.3, 0.4) is 0 Å². The van der Waals surface area contributed by atoms with Crippen molar-refractivity contribution in [1.82, 2.24) is 14.8 Å². The number of hydrogen-bond donors (Lipinski definition) is 1. The van der Waals surface area contributed by atoms with Gasteiger partial charge in [-0.05, 0) is 49.4 Å². The summed E-state index contributed by atoms with van der Waals surface area (Å²) in [6, 6.07) is 9.44. The standard InChI is InChI=1S/C16H11ClF2N4O/c1-9-20-15(22-23(9)12-5-2-10(18)3-6-12)16(24)21-11-4-7-14(19)13(17)8-11/h2-8H,1H3,(H,21,24). The summed E-state index contributed by atoms with van der Waals surface area (Å²) in [6.07, 6.45) is 0. The van der Waals surface area contributed by atoms with Gasteiger partial charge < -0.3 is 5.32 Å². The lowest BCUT2D eigenvalue weighted by Gasteiger charge is -2.03. The fraction of sp³-hybridized carbons (Fsp3) is 0.0625. The molecule has 0 unspecified atom stereocenters. The zero-order valence-electron chi connectivity index (χ0n) is 12.4. The lowest BCUT2D eigenvalue weighted by Crippen LogP contribution is -2.14. The number of anilines is 1. The van der Waals surface area contributed by atoms with Crippen molar-refractivity contribution in [3.8, 4) is 5.69 Å². The largest absolute Gasteiger partial charge is 0.319 e. The van der Waals surface area contributed by atoms with Crippen LogP contribution in [0.5, 0.6) is 0 Å². The summed E-state index contributed by atoms with van der Waals surface area (Å²) in [7, 11) is 0. The van der Waals surface area contributed by atoms with E-state index >= 15 is 0 Å². The fourth-order valence-electron chi connectivity index (χ4n) is 2.07. The first-order valence-corrected chi connectivity index (χ1v) is 7.28. The van der Waals surface area contributed by atoms with Gasteiger partial charge in [0.1, 0.15) is 17.5 Å². The highest BCUT2D eigenvalue weighted by atomic mass is 35.5. The molecule has 0 fully saturated rings. The molecule has 3 rings (SSSR count). The third-order valence-electron chi connectivity index (χ3n) is 3.22. The first-order valence-electron chi connectivity index (χ1n) is 6.90. The van der Waals surface area contributed by atoms with Crippen molar-refractivity contribution in [3.05, 3.63) is 70.8 Å². The van der Waals surface area contributed by atoms with Gasteiger partial charge in [0, 0.05) is 5.69 Å². The number of carbonyl (C=O) groups is 1. The molecule has 1 N–H and O–H groups in total. The Labute approximate surface area is 140 Å². The number of nitrogens with one attached hydrogen (secondary N) is 1. The zero-order chi connectivity index (χ0) is 17.3. The second-order valence-corrected chi connectivity index (χ2v) is 5.36. The summed E-state index contributed by atoms with van der Waals surface area (Å²) in [5, 5.41) is 6.55. The number of amides is 1. The smallest absolute Gasteiger partial charge is 0.295 e. The van der Waals surface area contributed by atoms with Crippen LogP contribution in [0.2, 0.25) is 5.02 Å². The van der Waals surface area contributed by atoms with Crippen molar-refractivity contribution in [2.24, 2.45) is 0 Å². The molecule has 122 valence electrons. The SMILES string of the molecule is Cc1nc(C(=O)Nc2ccc(F)c(Cl)c2)nn1-c1ccc(F)cc1. The van der Waals surface area contributed by atoms with Crippen LogP contribution in [0.15, 0.2) is 42.5 Å². The van der Waals surface area contributed by atoms with Gasteiger partial charge in [0.25, 0.3) is 5.91 Å². The molecule has 1 amide bonds. The number of aromatic nitrogens is 3. The van der Waals surface area contributed by atoms with E-state index in [2.05, 4.69) is 15.4 Å². The van der Waals surface area contributed by atoms with Gasteiger partial charge in [-0.2, -0.15) is 0 Å². The van der Waals surface area contributed by atoms with E-state index in [0.29, 0.717) is 17.2 Å². The van der Waals surface area contributed by atoms with Gasteiger partial charge in [-0.1, -0.05) is 11.6 Å². The minimum atomic E-state index is -0.579. The number of halogens is 3. The van der Waals surface area contributed by atoms with Crippen molar-refractivity contribution in [2.45, 2.75) is 6.92 Å². The molecule has 0 saturated heterocycles. The molecule has 8 heteroatoms. The Kier molecular flexibility index (Phi) is 4.26. The minimum Gasteiger partial charge on any atom is -0.319 e. The Bertz CT molecular complexity index is 909.